The van der Waals surface area contributed by atoms with E-state index in [1.165, 1.54) is 0 Å². The predicted octanol–water partition coefficient (Wildman–Crippen LogP) is 2.41. The Hall–Kier alpha value is -3.02. The first-order chi connectivity index (χ1) is 11.6. The molecule has 0 unspecified atom stereocenters. The topological polar surface area (TPSA) is 81.9 Å². The highest BCUT2D eigenvalue weighted by Gasteiger charge is 2.21. The summed E-state index contributed by atoms with van der Waals surface area (Å²) in [6, 6.07) is 15.7. The van der Waals surface area contributed by atoms with Crippen LogP contribution in [0.4, 0.5) is 5.69 Å². The number of carbonyl (C=O) groups is 1. The summed E-state index contributed by atoms with van der Waals surface area (Å²) in [5, 5.41) is 17.7. The van der Waals surface area contributed by atoms with Crippen LogP contribution in [0.25, 0.3) is 0 Å². The maximum Gasteiger partial charge on any atom is 0.232 e. The molecule has 0 aliphatic rings. The van der Waals surface area contributed by atoms with Crippen LogP contribution in [0.2, 0.25) is 0 Å². The van der Waals surface area contributed by atoms with E-state index < -0.39 is 5.92 Å². The molecule has 2 aromatic carbocycles. The van der Waals surface area contributed by atoms with Crippen molar-refractivity contribution in [3.63, 3.8) is 0 Å². The Kier molecular flexibility index (Phi) is 4.65. The third-order valence-electron chi connectivity index (χ3n) is 3.77. The molecule has 1 aromatic heterocycles. The summed E-state index contributed by atoms with van der Waals surface area (Å²) in [4.78, 5) is 12.8. The molecule has 6 heteroatoms. The van der Waals surface area contributed by atoms with Crippen LogP contribution >= 0.6 is 0 Å². The van der Waals surface area contributed by atoms with Crippen molar-refractivity contribution in [1.82, 2.24) is 20.6 Å². The van der Waals surface area contributed by atoms with Gasteiger partial charge in [0.1, 0.15) is 0 Å². The van der Waals surface area contributed by atoms with Crippen molar-refractivity contribution in [1.29, 1.82) is 0 Å². The molecule has 0 saturated carbocycles. The highest BCUT2D eigenvalue weighted by atomic mass is 16.1. The molecule has 1 amide bonds. The van der Waals surface area contributed by atoms with Crippen LogP contribution in [-0.2, 0) is 11.2 Å². The van der Waals surface area contributed by atoms with Gasteiger partial charge in [-0.25, -0.2) is 0 Å². The van der Waals surface area contributed by atoms with Crippen LogP contribution in [0, 0.1) is 13.8 Å². The minimum atomic E-state index is -0.540. The van der Waals surface area contributed by atoms with E-state index in [2.05, 4.69) is 32.0 Å². The van der Waals surface area contributed by atoms with E-state index in [1.54, 1.807) is 0 Å². The molecule has 0 aliphatic heterocycles. The van der Waals surface area contributed by atoms with Gasteiger partial charge in [-0.2, -0.15) is 5.21 Å². The number of aryl methyl sites for hydroxylation is 2. The number of tetrazole rings is 1. The first-order valence-corrected chi connectivity index (χ1v) is 7.73. The van der Waals surface area contributed by atoms with E-state index in [0.29, 0.717) is 12.2 Å². The zero-order chi connectivity index (χ0) is 16.9. The fourth-order valence-electron chi connectivity index (χ4n) is 2.62. The van der Waals surface area contributed by atoms with Gasteiger partial charge < -0.3 is 10.4 Å². The molecular formula is C18H18N5O-. The average molecular weight is 320 g/mol. The van der Waals surface area contributed by atoms with Gasteiger partial charge in [0, 0.05) is 11.5 Å². The molecular weight excluding hydrogens is 302 g/mol. The van der Waals surface area contributed by atoms with Crippen LogP contribution in [-0.4, -0.2) is 21.4 Å². The summed E-state index contributed by atoms with van der Waals surface area (Å²) < 4.78 is 0. The van der Waals surface area contributed by atoms with E-state index in [9.17, 15) is 4.79 Å². The second kappa shape index (κ2) is 7.04. The zero-order valence-electron chi connectivity index (χ0n) is 13.6. The fraction of sp³-hybridized carbons (Fsp3) is 0.222. The number of carbonyl (C=O) groups excluding carboxylic acids is 1. The van der Waals surface area contributed by atoms with Gasteiger partial charge in [0.2, 0.25) is 5.91 Å². The summed E-state index contributed by atoms with van der Waals surface area (Å²) in [6.07, 6.45) is 0.493. The molecule has 0 aliphatic carbocycles. The smallest absolute Gasteiger partial charge is 0.232 e. The number of nitrogens with zero attached hydrogens (tertiary/aromatic N) is 4. The fourth-order valence-corrected chi connectivity index (χ4v) is 2.62. The standard InChI is InChI=1S/C18H19N5O/c1-12-5-3-7-14(9-12)11-16(17-20-22-23-21-17)18(24)19-15-8-4-6-13(2)10-15/h3-10,16H,11H2,1-2H3,(H2,19,20,21,22,23,24)/p-1/t16-/m0/s1. The van der Waals surface area contributed by atoms with E-state index in [0.717, 1.165) is 22.4 Å². The first-order valence-electron chi connectivity index (χ1n) is 7.73. The molecule has 1 N–H and O–H groups in total. The maximum atomic E-state index is 12.8. The Morgan fingerprint density at radius 2 is 1.88 bits per heavy atom. The molecule has 6 nitrogen and oxygen atoms in total. The molecule has 0 bridgehead atoms. The molecule has 122 valence electrons. The minimum Gasteiger partial charge on any atom is -0.335 e. The molecule has 3 aromatic rings. The highest BCUT2D eigenvalue weighted by Crippen LogP contribution is 2.20. The van der Waals surface area contributed by atoms with E-state index in [4.69, 9.17) is 0 Å². The van der Waals surface area contributed by atoms with Gasteiger partial charge in [0.15, 0.2) is 0 Å². The Bertz CT molecular complexity index is 829. The summed E-state index contributed by atoms with van der Waals surface area (Å²) in [6.45, 7) is 4.00. The van der Waals surface area contributed by atoms with Gasteiger partial charge in [0.25, 0.3) is 0 Å². The second-order valence-electron chi connectivity index (χ2n) is 5.84. The largest absolute Gasteiger partial charge is 0.335 e. The number of aromatic nitrogens is 4. The lowest BCUT2D eigenvalue weighted by Crippen LogP contribution is -2.24. The summed E-state index contributed by atoms with van der Waals surface area (Å²) in [5.74, 6) is -0.374. The molecule has 1 atom stereocenters. The first kappa shape index (κ1) is 15.9. The van der Waals surface area contributed by atoms with Crippen LogP contribution in [0.15, 0.2) is 48.5 Å². The zero-order valence-corrected chi connectivity index (χ0v) is 13.6. The lowest BCUT2D eigenvalue weighted by atomic mass is 9.96. The number of benzene rings is 2. The van der Waals surface area contributed by atoms with E-state index in [-0.39, 0.29) is 5.91 Å². The number of hydrogen-bond acceptors (Lipinski definition) is 4. The van der Waals surface area contributed by atoms with Crippen molar-refractivity contribution >= 4 is 11.6 Å². The van der Waals surface area contributed by atoms with Gasteiger partial charge in [-0.1, -0.05) is 42.0 Å². The Labute approximate surface area is 140 Å². The number of hydrogen-bond donors (Lipinski definition) is 1. The van der Waals surface area contributed by atoms with Crippen molar-refractivity contribution in [2.45, 2.75) is 26.2 Å². The quantitative estimate of drug-likeness (QED) is 0.780. The predicted molar refractivity (Wildman–Crippen MR) is 90.6 cm³/mol. The Morgan fingerprint density at radius 1 is 1.12 bits per heavy atom. The lowest BCUT2D eigenvalue weighted by Gasteiger charge is -2.17. The number of anilines is 1. The van der Waals surface area contributed by atoms with Crippen LogP contribution in [0.3, 0.4) is 0 Å². The average Bonchev–Trinajstić information content (AvgIpc) is 3.06. The summed E-state index contributed by atoms with van der Waals surface area (Å²) in [7, 11) is 0. The van der Waals surface area contributed by atoms with Gasteiger partial charge in [-0.15, -0.1) is 0 Å². The number of rotatable bonds is 5. The molecule has 1 heterocycles. The van der Waals surface area contributed by atoms with E-state index >= 15 is 0 Å². The lowest BCUT2D eigenvalue weighted by molar-refractivity contribution is -0.117. The Balaban J connectivity index is 1.83. The SMILES string of the molecule is Cc1cccc(C[C@H](C(=O)Nc2cccc(C)c2)c2nnn[n-]2)c1. The van der Waals surface area contributed by atoms with E-state index in [1.807, 2.05) is 56.3 Å². The van der Waals surface area contributed by atoms with Gasteiger partial charge >= 0.3 is 0 Å². The minimum absolute atomic E-state index is 0.170. The molecule has 3 rings (SSSR count). The van der Waals surface area contributed by atoms with Gasteiger partial charge in [-0.05, 0) is 43.5 Å². The van der Waals surface area contributed by atoms with Crippen molar-refractivity contribution < 1.29 is 4.79 Å². The summed E-state index contributed by atoms with van der Waals surface area (Å²) in [5.41, 5.74) is 4.02. The molecule has 0 saturated heterocycles. The summed E-state index contributed by atoms with van der Waals surface area (Å²) >= 11 is 0. The van der Waals surface area contributed by atoms with Crippen LogP contribution in [0.1, 0.15) is 28.4 Å². The third-order valence-corrected chi connectivity index (χ3v) is 3.77. The molecule has 0 spiro atoms. The van der Waals surface area contributed by atoms with Crippen molar-refractivity contribution in [3.05, 3.63) is 71.0 Å². The molecule has 0 fully saturated rings. The Morgan fingerprint density at radius 3 is 2.54 bits per heavy atom. The molecule has 0 radical (unpaired) electrons. The monoisotopic (exact) mass is 320 g/mol. The number of amides is 1. The third kappa shape index (κ3) is 3.84. The highest BCUT2D eigenvalue weighted by molar-refractivity contribution is 5.95. The van der Waals surface area contributed by atoms with Gasteiger partial charge in [-0.3, -0.25) is 15.1 Å². The maximum absolute atomic E-state index is 12.8. The van der Waals surface area contributed by atoms with Crippen molar-refractivity contribution in [3.8, 4) is 0 Å². The van der Waals surface area contributed by atoms with Crippen molar-refractivity contribution in [2.24, 2.45) is 0 Å². The molecule has 24 heavy (non-hydrogen) atoms. The van der Waals surface area contributed by atoms with Gasteiger partial charge in [0.05, 0.1) is 5.92 Å². The van der Waals surface area contributed by atoms with Crippen LogP contribution in [0.5, 0.6) is 0 Å². The van der Waals surface area contributed by atoms with Crippen molar-refractivity contribution in [2.75, 3.05) is 5.32 Å². The van der Waals surface area contributed by atoms with Crippen LogP contribution < -0.4 is 10.4 Å². The second-order valence-corrected chi connectivity index (χ2v) is 5.84. The normalized spacial score (nSPS) is 11.9. The number of nitrogens with one attached hydrogen (secondary N) is 1.